The fraction of sp³-hybridized carbons (Fsp3) is 0.0238. The third-order valence-electron chi connectivity index (χ3n) is 10.0. The molecule has 1 aliphatic rings. The number of azo groups is 2. The van der Waals surface area contributed by atoms with Crippen LogP contribution in [0.5, 0.6) is 0 Å². The Labute approximate surface area is 492 Å². The molecule has 71 heavy (non-hydrogen) atoms. The molecule has 0 radical (unpaired) electrons. The van der Waals surface area contributed by atoms with Gasteiger partial charge in [-0.1, -0.05) is 42.5 Å². The Morgan fingerprint density at radius 3 is 1.73 bits per heavy atom. The summed E-state index contributed by atoms with van der Waals surface area (Å²) in [5.41, 5.74) is 2.89. The van der Waals surface area contributed by atoms with Crippen LogP contribution in [0.4, 0.5) is 34.1 Å². The molecule has 0 aromatic heterocycles. The molecule has 7 aromatic rings. The molecule has 340 valence electrons. The van der Waals surface area contributed by atoms with Crippen molar-refractivity contribution in [3.05, 3.63) is 131 Å². The van der Waals surface area contributed by atoms with Gasteiger partial charge in [0, 0.05) is 45.1 Å². The summed E-state index contributed by atoms with van der Waals surface area (Å²) < 4.78 is 144. The van der Waals surface area contributed by atoms with E-state index in [9.17, 15) is 61.5 Å². The summed E-state index contributed by atoms with van der Waals surface area (Å²) in [4.78, 5) is 21.8. The van der Waals surface area contributed by atoms with Crippen molar-refractivity contribution in [2.45, 2.75) is 21.6 Å². The number of fused-ring (bicyclic) bond motifs is 4. The molecule has 0 aliphatic heterocycles. The summed E-state index contributed by atoms with van der Waals surface area (Å²) in [5, 5.41) is 24.5. The average molecular weight is 1070 g/mol. The van der Waals surface area contributed by atoms with Gasteiger partial charge >= 0.3 is 118 Å². The number of Topliss-reactive ketones (excluding diaryl/α,β-unsaturated/α-hetero) is 1. The van der Waals surface area contributed by atoms with E-state index in [0.717, 1.165) is 30.3 Å². The summed E-state index contributed by atoms with van der Waals surface area (Å²) in [6.07, 6.45) is 1.01. The Morgan fingerprint density at radius 2 is 1.13 bits per heavy atom. The van der Waals surface area contributed by atoms with Gasteiger partial charge in [0.1, 0.15) is 46.2 Å². The smallest absolute Gasteiger partial charge is 0.744 e. The molecule has 8 rings (SSSR count). The number of carbonyl (C=O) groups excluding carboxylic acids is 2. The number of amides is 1. The molecular formula is C42H25N7Na4O14S4. The Kier molecular flexibility index (Phi) is 19.8. The van der Waals surface area contributed by atoms with E-state index in [1.807, 2.05) is 0 Å². The predicted octanol–water partition coefficient (Wildman–Crippen LogP) is -4.79. The predicted molar refractivity (Wildman–Crippen MR) is 238 cm³/mol. The molecule has 0 saturated carbocycles. The van der Waals surface area contributed by atoms with Crippen molar-refractivity contribution in [3.63, 3.8) is 0 Å². The monoisotopic (exact) mass is 1070 g/mol. The van der Waals surface area contributed by atoms with Crippen molar-refractivity contribution < 1.29 is 180 Å². The molecule has 0 bridgehead atoms. The third kappa shape index (κ3) is 13.4. The van der Waals surface area contributed by atoms with Gasteiger partial charge in [-0.2, -0.15) is 10.2 Å². The van der Waals surface area contributed by atoms with E-state index in [1.54, 1.807) is 24.3 Å². The Morgan fingerprint density at radius 1 is 0.535 bits per heavy atom. The van der Waals surface area contributed by atoms with E-state index < -0.39 is 77.5 Å². The van der Waals surface area contributed by atoms with Gasteiger partial charge in [0.25, 0.3) is 0 Å². The van der Waals surface area contributed by atoms with E-state index in [-0.39, 0.29) is 185 Å². The molecule has 0 fully saturated rings. The minimum Gasteiger partial charge on any atom is -0.744 e. The summed E-state index contributed by atoms with van der Waals surface area (Å²) >= 11 is 0. The standard InChI is InChI=1S/C42H29N7O14S4.4Na/c1-22(50)43-25-8-6-24-17-40(67(61,62)63)41(42(51)33(24)18-25)49-48-36-13-12-35(29-4-2-3-5-30(29)36)46-47-38-15-14-37(31-11-10-27(20-34(31)38)64(52,53)54)45-44-26-9-7-23-16-28(65(55,56)57)21-39(32(23)19-26)66(58,59)60;;;;/h2-21,48H,1H3,(H,43,50)(H,52,53,54)(H,55,56,57)(H,58,59,60)(H,61,62,63);;;;/q;4*+1/p-4/b45-44?,47-46?,49-41-;;;;. The Balaban J connectivity index is 0.00000274. The summed E-state index contributed by atoms with van der Waals surface area (Å²) in [6.45, 7) is 1.26. The summed E-state index contributed by atoms with van der Waals surface area (Å²) in [5.74, 6) is -1.33. The summed E-state index contributed by atoms with van der Waals surface area (Å²) in [6, 6.07) is 24.9. The second-order valence-corrected chi connectivity index (χ2v) is 19.9. The van der Waals surface area contributed by atoms with Crippen LogP contribution < -0.4 is 129 Å². The first-order valence-corrected chi connectivity index (χ1v) is 24.4. The SMILES string of the molecule is CC(=O)Nc1ccc2c(c1)C(=O)/C(=N\Nc1ccc(N=Nc3ccc(N=Nc4ccc5cc(S(=O)(=O)[O-])cc(S(=O)(=O)[O-])c5c4)c4ccc(S(=O)(=O)[O-])cc34)c3ccccc13)C(S(=O)(=O)[O-])=C2.[Na+].[Na+].[Na+].[Na+]. The Hall–Kier alpha value is -3.49. The van der Waals surface area contributed by atoms with Gasteiger partial charge in [0.05, 0.1) is 48.0 Å². The minimum absolute atomic E-state index is 0. The number of allylic oxidation sites excluding steroid dienone is 1. The van der Waals surface area contributed by atoms with Crippen LogP contribution in [-0.2, 0) is 45.3 Å². The van der Waals surface area contributed by atoms with Gasteiger partial charge in [-0.15, -0.1) is 15.3 Å². The fourth-order valence-corrected chi connectivity index (χ4v) is 9.50. The van der Waals surface area contributed by atoms with Gasteiger partial charge in [-0.05, 0) is 89.8 Å². The van der Waals surface area contributed by atoms with Gasteiger partial charge < -0.3 is 23.5 Å². The molecule has 1 amide bonds. The normalized spacial score (nSPS) is 13.5. The number of anilines is 2. The van der Waals surface area contributed by atoms with E-state index in [1.165, 1.54) is 67.6 Å². The van der Waals surface area contributed by atoms with E-state index in [0.29, 0.717) is 16.8 Å². The first-order chi connectivity index (χ1) is 31.5. The van der Waals surface area contributed by atoms with Crippen LogP contribution >= 0.6 is 0 Å². The molecule has 0 unspecified atom stereocenters. The van der Waals surface area contributed by atoms with Crippen molar-refractivity contribution in [1.29, 1.82) is 0 Å². The average Bonchev–Trinajstić information content (AvgIpc) is 3.25. The second kappa shape index (κ2) is 23.4. The Bertz CT molecular complexity index is 3950. The zero-order valence-corrected chi connectivity index (χ0v) is 48.9. The largest absolute Gasteiger partial charge is 1.00 e. The van der Waals surface area contributed by atoms with Crippen molar-refractivity contribution in [3.8, 4) is 0 Å². The minimum atomic E-state index is -5.29. The molecule has 2 N–H and O–H groups in total. The number of benzene rings is 7. The van der Waals surface area contributed by atoms with Crippen molar-refractivity contribution in [2.24, 2.45) is 25.6 Å². The van der Waals surface area contributed by atoms with Crippen LogP contribution in [0.2, 0.25) is 0 Å². The maximum atomic E-state index is 13.6. The first-order valence-electron chi connectivity index (χ1n) is 18.8. The molecule has 0 saturated heterocycles. The maximum Gasteiger partial charge on any atom is 1.00 e. The molecule has 1 aliphatic carbocycles. The quantitative estimate of drug-likeness (QED) is 0.0532. The van der Waals surface area contributed by atoms with Crippen molar-refractivity contribution in [2.75, 3.05) is 10.7 Å². The zero-order chi connectivity index (χ0) is 48.2. The first kappa shape index (κ1) is 60.1. The number of hydrogen-bond donors (Lipinski definition) is 2. The van der Waals surface area contributed by atoms with Gasteiger partial charge in [0.15, 0.2) is 0 Å². The molecule has 21 nitrogen and oxygen atoms in total. The molecule has 0 heterocycles. The number of nitrogens with zero attached hydrogens (tertiary/aromatic N) is 5. The number of ketones is 1. The number of hydrazone groups is 1. The molecular weight excluding hydrogens is 1050 g/mol. The number of carbonyl (C=O) groups is 2. The maximum absolute atomic E-state index is 13.6. The third-order valence-corrected chi connectivity index (χ3v) is 13.4. The van der Waals surface area contributed by atoms with Gasteiger partial charge in [-0.25, -0.2) is 33.7 Å². The van der Waals surface area contributed by atoms with Crippen molar-refractivity contribution in [1.82, 2.24) is 0 Å². The van der Waals surface area contributed by atoms with Gasteiger partial charge in [0.2, 0.25) is 11.7 Å². The van der Waals surface area contributed by atoms with E-state index >= 15 is 0 Å². The fourth-order valence-electron chi connectivity index (χ4n) is 7.03. The van der Waals surface area contributed by atoms with Crippen LogP contribution in [0.3, 0.4) is 0 Å². The van der Waals surface area contributed by atoms with Crippen LogP contribution in [-0.4, -0.2) is 69.3 Å². The van der Waals surface area contributed by atoms with Crippen LogP contribution in [0.1, 0.15) is 22.8 Å². The summed E-state index contributed by atoms with van der Waals surface area (Å²) in [7, 11) is -20.6. The molecule has 0 atom stereocenters. The van der Waals surface area contributed by atoms with Crippen LogP contribution in [0.25, 0.3) is 38.4 Å². The molecule has 0 spiro atoms. The number of rotatable bonds is 11. The van der Waals surface area contributed by atoms with E-state index in [2.05, 4.69) is 36.3 Å². The van der Waals surface area contributed by atoms with Gasteiger partial charge in [-0.3, -0.25) is 15.0 Å². The van der Waals surface area contributed by atoms with Crippen LogP contribution in [0, 0.1) is 0 Å². The van der Waals surface area contributed by atoms with E-state index in [4.69, 9.17) is 0 Å². The van der Waals surface area contributed by atoms with Crippen molar-refractivity contribution >= 4 is 130 Å². The molecule has 7 aromatic carbocycles. The van der Waals surface area contributed by atoms with Crippen LogP contribution in [0.15, 0.2) is 160 Å². The zero-order valence-electron chi connectivity index (χ0n) is 37.6. The second-order valence-electron chi connectivity index (χ2n) is 14.4. The number of nitrogens with one attached hydrogen (secondary N) is 2. The molecule has 29 heteroatoms. The number of hydrogen-bond acceptors (Lipinski definition) is 20. The topological polar surface area (TPSA) is 349 Å².